The molecule has 0 spiro atoms. The van der Waals surface area contributed by atoms with Gasteiger partial charge in [0.1, 0.15) is 0 Å². The number of carbonyl (C=O) groups is 3. The van der Waals surface area contributed by atoms with Crippen molar-refractivity contribution in [3.63, 3.8) is 0 Å². The van der Waals surface area contributed by atoms with Gasteiger partial charge in [0.05, 0.1) is 13.3 Å². The predicted octanol–water partition coefficient (Wildman–Crippen LogP) is 1.06. The molecule has 1 aliphatic heterocycles. The Morgan fingerprint density at radius 3 is 2.62 bits per heavy atom. The smallest absolute Gasteiger partial charge is 0.329 e. The Bertz CT molecular complexity index is 744. The molecule has 3 amide bonds. The number of benzene rings is 1. The molecule has 1 aliphatic rings. The van der Waals surface area contributed by atoms with E-state index in [2.05, 4.69) is 15.8 Å². The van der Waals surface area contributed by atoms with Gasteiger partial charge in [-0.25, -0.2) is 5.43 Å². The Morgan fingerprint density at radius 1 is 1.17 bits per heavy atom. The molecular weight excluding hydrogens is 376 g/mol. The maximum Gasteiger partial charge on any atom is 0.329 e. The van der Waals surface area contributed by atoms with Crippen LogP contribution in [-0.2, 0) is 14.4 Å². The highest BCUT2D eigenvalue weighted by molar-refractivity contribution is 6.35. The molecule has 158 valence electrons. The summed E-state index contributed by atoms with van der Waals surface area (Å²) in [6.45, 7) is 3.94. The standard InChI is InChI=1S/C20H28N4O5/c1-3-4-9-21-19(26)20(27)23-22-13-15-7-8-16(17(12-15)28-2)29-14-18(25)24-10-5-6-11-24/h7-8,12-13H,3-6,9-11,14H2,1-2H3,(H,21,26)(H,23,27)/b22-13-. The summed E-state index contributed by atoms with van der Waals surface area (Å²) in [6, 6.07) is 5.03. The second-order valence-electron chi connectivity index (χ2n) is 6.60. The lowest BCUT2D eigenvalue weighted by atomic mass is 10.2. The maximum absolute atomic E-state index is 12.1. The number of rotatable bonds is 9. The van der Waals surface area contributed by atoms with E-state index in [4.69, 9.17) is 9.47 Å². The van der Waals surface area contributed by atoms with E-state index in [1.54, 1.807) is 23.1 Å². The Balaban J connectivity index is 1.86. The molecule has 0 aliphatic carbocycles. The lowest BCUT2D eigenvalue weighted by Gasteiger charge is -2.16. The summed E-state index contributed by atoms with van der Waals surface area (Å²) in [6.07, 6.45) is 5.17. The van der Waals surface area contributed by atoms with E-state index in [9.17, 15) is 14.4 Å². The molecule has 2 rings (SSSR count). The van der Waals surface area contributed by atoms with Crippen LogP contribution in [0.3, 0.4) is 0 Å². The fourth-order valence-corrected chi connectivity index (χ4v) is 2.76. The molecule has 9 nitrogen and oxygen atoms in total. The molecule has 0 aromatic heterocycles. The number of ether oxygens (including phenoxy) is 2. The predicted molar refractivity (Wildman–Crippen MR) is 108 cm³/mol. The number of carbonyl (C=O) groups excluding carboxylic acids is 3. The summed E-state index contributed by atoms with van der Waals surface area (Å²) in [5, 5.41) is 6.29. The minimum absolute atomic E-state index is 0.0462. The van der Waals surface area contributed by atoms with Crippen molar-refractivity contribution in [3.8, 4) is 11.5 Å². The average Bonchev–Trinajstić information content (AvgIpc) is 3.27. The van der Waals surface area contributed by atoms with Gasteiger partial charge in [0.2, 0.25) is 0 Å². The Kier molecular flexibility index (Phi) is 8.94. The van der Waals surface area contributed by atoms with Crippen molar-refractivity contribution in [2.24, 2.45) is 5.10 Å². The molecule has 1 saturated heterocycles. The van der Waals surface area contributed by atoms with Crippen LogP contribution in [0.25, 0.3) is 0 Å². The zero-order valence-electron chi connectivity index (χ0n) is 16.9. The van der Waals surface area contributed by atoms with Crippen molar-refractivity contribution in [3.05, 3.63) is 23.8 Å². The lowest BCUT2D eigenvalue weighted by molar-refractivity contribution is -0.139. The van der Waals surface area contributed by atoms with E-state index >= 15 is 0 Å². The third-order valence-corrected chi connectivity index (χ3v) is 4.40. The van der Waals surface area contributed by atoms with Crippen LogP contribution in [0, 0.1) is 0 Å². The van der Waals surface area contributed by atoms with Crippen LogP contribution in [0.15, 0.2) is 23.3 Å². The molecule has 0 bridgehead atoms. The summed E-state index contributed by atoms with van der Waals surface area (Å²) < 4.78 is 10.9. The molecule has 0 saturated carbocycles. The summed E-state index contributed by atoms with van der Waals surface area (Å²) in [5.41, 5.74) is 2.81. The van der Waals surface area contributed by atoms with E-state index < -0.39 is 11.8 Å². The largest absolute Gasteiger partial charge is 0.493 e. The van der Waals surface area contributed by atoms with Crippen molar-refractivity contribution in [2.45, 2.75) is 32.6 Å². The molecule has 0 unspecified atom stereocenters. The minimum atomic E-state index is -0.829. The van der Waals surface area contributed by atoms with E-state index in [0.29, 0.717) is 23.6 Å². The highest BCUT2D eigenvalue weighted by Crippen LogP contribution is 2.27. The van der Waals surface area contributed by atoms with Crippen molar-refractivity contribution in [1.82, 2.24) is 15.6 Å². The van der Waals surface area contributed by atoms with Crippen molar-refractivity contribution >= 4 is 23.9 Å². The summed E-state index contributed by atoms with van der Waals surface area (Å²) >= 11 is 0. The van der Waals surface area contributed by atoms with Gasteiger partial charge in [-0.05, 0) is 43.0 Å². The van der Waals surface area contributed by atoms with Gasteiger partial charge in [-0.15, -0.1) is 0 Å². The highest BCUT2D eigenvalue weighted by atomic mass is 16.5. The number of hydrogen-bond acceptors (Lipinski definition) is 6. The fourth-order valence-electron chi connectivity index (χ4n) is 2.76. The van der Waals surface area contributed by atoms with Gasteiger partial charge in [0.25, 0.3) is 5.91 Å². The third-order valence-electron chi connectivity index (χ3n) is 4.40. The van der Waals surface area contributed by atoms with Crippen LogP contribution in [0.5, 0.6) is 11.5 Å². The Labute approximate surface area is 170 Å². The normalized spacial score (nSPS) is 13.4. The SMILES string of the molecule is CCCCNC(=O)C(=O)N/N=C\c1ccc(OCC(=O)N2CCCC2)c(OC)c1. The lowest BCUT2D eigenvalue weighted by Crippen LogP contribution is -2.38. The van der Waals surface area contributed by atoms with Crippen molar-refractivity contribution in [2.75, 3.05) is 33.4 Å². The molecule has 1 heterocycles. The number of nitrogens with one attached hydrogen (secondary N) is 2. The van der Waals surface area contributed by atoms with Gasteiger partial charge >= 0.3 is 11.8 Å². The van der Waals surface area contributed by atoms with Crippen LogP contribution in [0.2, 0.25) is 0 Å². The number of likely N-dealkylation sites (tertiary alicyclic amines) is 1. The van der Waals surface area contributed by atoms with Gasteiger partial charge < -0.3 is 19.7 Å². The van der Waals surface area contributed by atoms with Gasteiger partial charge in [-0.1, -0.05) is 13.3 Å². The first-order chi connectivity index (χ1) is 14.0. The van der Waals surface area contributed by atoms with Gasteiger partial charge in [0, 0.05) is 19.6 Å². The Morgan fingerprint density at radius 2 is 1.93 bits per heavy atom. The number of nitrogens with zero attached hydrogens (tertiary/aromatic N) is 2. The molecule has 2 N–H and O–H groups in total. The first kappa shape index (κ1) is 22.2. The number of unbranched alkanes of at least 4 members (excludes halogenated alkanes) is 1. The number of hydrazone groups is 1. The van der Waals surface area contributed by atoms with Crippen molar-refractivity contribution < 1.29 is 23.9 Å². The molecule has 0 radical (unpaired) electrons. The average molecular weight is 404 g/mol. The van der Waals surface area contributed by atoms with Crippen LogP contribution in [0.1, 0.15) is 38.2 Å². The van der Waals surface area contributed by atoms with Gasteiger partial charge in [-0.2, -0.15) is 5.10 Å². The summed E-state index contributed by atoms with van der Waals surface area (Å²) in [7, 11) is 1.49. The quantitative estimate of drug-likeness (QED) is 0.277. The maximum atomic E-state index is 12.1. The first-order valence-electron chi connectivity index (χ1n) is 9.75. The fraction of sp³-hybridized carbons (Fsp3) is 0.500. The molecule has 9 heteroatoms. The monoisotopic (exact) mass is 404 g/mol. The number of hydrogen-bond donors (Lipinski definition) is 2. The first-order valence-corrected chi connectivity index (χ1v) is 9.75. The molecule has 29 heavy (non-hydrogen) atoms. The zero-order valence-corrected chi connectivity index (χ0v) is 16.9. The number of methoxy groups -OCH3 is 1. The van der Waals surface area contributed by atoms with Crippen LogP contribution >= 0.6 is 0 Å². The second-order valence-corrected chi connectivity index (χ2v) is 6.60. The molecule has 1 aromatic carbocycles. The summed E-state index contributed by atoms with van der Waals surface area (Å²) in [5.74, 6) is -0.720. The van der Waals surface area contributed by atoms with E-state index in [1.165, 1.54) is 13.3 Å². The topological polar surface area (TPSA) is 109 Å². The summed E-state index contributed by atoms with van der Waals surface area (Å²) in [4.78, 5) is 37.1. The van der Waals surface area contributed by atoms with E-state index in [1.807, 2.05) is 6.92 Å². The van der Waals surface area contributed by atoms with Crippen LogP contribution in [0.4, 0.5) is 0 Å². The third kappa shape index (κ3) is 7.10. The molecule has 1 fully saturated rings. The second kappa shape index (κ2) is 11.7. The van der Waals surface area contributed by atoms with Crippen molar-refractivity contribution in [1.29, 1.82) is 0 Å². The van der Waals surface area contributed by atoms with E-state index in [-0.39, 0.29) is 12.5 Å². The zero-order chi connectivity index (χ0) is 21.1. The molecule has 0 atom stereocenters. The minimum Gasteiger partial charge on any atom is -0.493 e. The number of amides is 3. The van der Waals surface area contributed by atoms with E-state index in [0.717, 1.165) is 38.8 Å². The van der Waals surface area contributed by atoms with Crippen LogP contribution < -0.4 is 20.2 Å². The molecule has 1 aromatic rings. The van der Waals surface area contributed by atoms with Gasteiger partial charge in [0.15, 0.2) is 18.1 Å². The van der Waals surface area contributed by atoms with Gasteiger partial charge in [-0.3, -0.25) is 14.4 Å². The van der Waals surface area contributed by atoms with Crippen LogP contribution in [-0.4, -0.2) is 62.2 Å². The Hall–Kier alpha value is -3.10. The highest BCUT2D eigenvalue weighted by Gasteiger charge is 2.19. The molecular formula is C20H28N4O5.